The van der Waals surface area contributed by atoms with E-state index in [0.29, 0.717) is 19.3 Å². The van der Waals surface area contributed by atoms with Crippen molar-refractivity contribution in [1.29, 1.82) is 0 Å². The monoisotopic (exact) mass is 514 g/mol. The number of hydrogen-bond acceptors (Lipinski definition) is 5. The van der Waals surface area contributed by atoms with E-state index < -0.39 is 16.6 Å². The fraction of sp³-hybridized carbons (Fsp3) is 0.889. The van der Waals surface area contributed by atoms with Crippen LogP contribution in [0.2, 0.25) is 39.3 Å². The van der Waals surface area contributed by atoms with Crippen LogP contribution in [-0.4, -0.2) is 57.5 Å². The van der Waals surface area contributed by atoms with Gasteiger partial charge in [0.25, 0.3) is 0 Å². The predicted molar refractivity (Wildman–Crippen MR) is 147 cm³/mol. The summed E-state index contributed by atoms with van der Waals surface area (Å²) in [5.41, 5.74) is 0. The molecule has 0 saturated heterocycles. The lowest BCUT2D eigenvalue weighted by Gasteiger charge is -2.28. The minimum atomic E-state index is -1.71. The Morgan fingerprint density at radius 3 is 2.32 bits per heavy atom. The van der Waals surface area contributed by atoms with Crippen LogP contribution in [-0.2, 0) is 13.6 Å². The van der Waals surface area contributed by atoms with Crippen molar-refractivity contribution in [3.63, 3.8) is 0 Å². The lowest BCUT2D eigenvalue weighted by Crippen LogP contribution is -2.34. The van der Waals surface area contributed by atoms with Crippen molar-refractivity contribution in [3.8, 4) is 0 Å². The van der Waals surface area contributed by atoms with E-state index in [0.717, 1.165) is 51.4 Å². The third kappa shape index (κ3) is 14.3. The number of aliphatic hydroxyl groups excluding tert-OH is 2. The summed E-state index contributed by atoms with van der Waals surface area (Å²) < 4.78 is 12.2. The molecule has 200 valence electrons. The van der Waals surface area contributed by atoms with Crippen molar-refractivity contribution in [2.24, 2.45) is 11.8 Å². The van der Waals surface area contributed by atoms with Crippen molar-refractivity contribution in [2.75, 3.05) is 6.61 Å². The Hall–Kier alpha value is -0.316. The van der Waals surface area contributed by atoms with Gasteiger partial charge in [0, 0.05) is 12.3 Å². The maximum atomic E-state index is 12.0. The van der Waals surface area contributed by atoms with Gasteiger partial charge in [-0.05, 0) is 77.3 Å². The second-order valence-corrected chi connectivity index (χ2v) is 21.1. The first-order valence-electron chi connectivity index (χ1n) is 13.7. The molecule has 1 rings (SSSR count). The zero-order chi connectivity index (χ0) is 25.8. The number of ketones is 1. The van der Waals surface area contributed by atoms with E-state index in [-0.39, 0.29) is 42.5 Å². The Labute approximate surface area is 212 Å². The highest BCUT2D eigenvalue weighted by Crippen LogP contribution is 2.40. The maximum Gasteiger partial charge on any atom is 0.184 e. The van der Waals surface area contributed by atoms with E-state index in [9.17, 15) is 15.0 Å². The normalized spacial score (nSPS) is 24.7. The molecule has 0 heterocycles. The summed E-state index contributed by atoms with van der Waals surface area (Å²) in [5.74, 6) is 0.629. The van der Waals surface area contributed by atoms with Gasteiger partial charge in [-0.25, -0.2) is 0 Å². The molecule has 1 fully saturated rings. The lowest BCUT2D eigenvalue weighted by molar-refractivity contribution is -0.121. The molecular formula is C27H54O5Si2. The zero-order valence-corrected chi connectivity index (χ0v) is 25.1. The molecule has 0 aromatic carbocycles. The van der Waals surface area contributed by atoms with Crippen molar-refractivity contribution in [1.82, 2.24) is 0 Å². The van der Waals surface area contributed by atoms with Crippen LogP contribution in [0.25, 0.3) is 0 Å². The van der Waals surface area contributed by atoms with Gasteiger partial charge >= 0.3 is 0 Å². The standard InChI is InChI=1S/C27H54O5Si2/c1-8-9-15-22(28)17-14-19-25-24(26(30)20-27(25)32-34(5,6)7)18-13-11-10-12-16-23(29)21-31-33(2,3)4/h14,19,22,24-28,30H,8-13,15-18,20-21H2,1-7H3/b19-14+/t22?,24-,25-,26+,27-/m1/s1. The second kappa shape index (κ2) is 15.7. The molecule has 1 aliphatic carbocycles. The van der Waals surface area contributed by atoms with Gasteiger partial charge in [-0.15, -0.1) is 0 Å². The van der Waals surface area contributed by atoms with E-state index in [1.807, 2.05) is 0 Å². The number of hydrogen-bond donors (Lipinski definition) is 2. The van der Waals surface area contributed by atoms with Crippen molar-refractivity contribution in [2.45, 2.75) is 135 Å². The van der Waals surface area contributed by atoms with Gasteiger partial charge in [-0.1, -0.05) is 51.2 Å². The SMILES string of the molecule is CCCCC(O)C/C=C/[C@@H]1[C@@H](CCCCCCC(=O)CO[Si](C)(C)C)[C@@H](O)C[C@H]1O[Si](C)(C)C. The quantitative estimate of drug-likeness (QED) is 0.125. The Bertz CT molecular complexity index is 597. The number of unbranched alkanes of at least 4 members (excludes halogenated alkanes) is 4. The van der Waals surface area contributed by atoms with Crippen LogP contribution in [0.3, 0.4) is 0 Å². The minimum Gasteiger partial charge on any atom is -0.414 e. The molecule has 0 aromatic rings. The molecule has 0 radical (unpaired) electrons. The predicted octanol–water partition coefficient (Wildman–Crippen LogP) is 6.46. The summed E-state index contributed by atoms with van der Waals surface area (Å²) in [6, 6.07) is 0. The maximum absolute atomic E-state index is 12.0. The van der Waals surface area contributed by atoms with Gasteiger partial charge in [0.05, 0.1) is 24.9 Å². The molecular weight excluding hydrogens is 460 g/mol. The molecule has 0 aromatic heterocycles. The number of Topliss-reactive ketones (excluding diaryl/α,β-unsaturated/α-hetero) is 1. The van der Waals surface area contributed by atoms with Gasteiger partial charge in [-0.2, -0.15) is 0 Å². The van der Waals surface area contributed by atoms with E-state index in [2.05, 4.69) is 58.4 Å². The average molecular weight is 515 g/mol. The topological polar surface area (TPSA) is 76.0 Å². The molecule has 1 aliphatic rings. The van der Waals surface area contributed by atoms with E-state index in [4.69, 9.17) is 8.85 Å². The number of carbonyl (C=O) groups is 1. The van der Waals surface area contributed by atoms with Crippen molar-refractivity contribution >= 4 is 22.4 Å². The highest BCUT2D eigenvalue weighted by atomic mass is 28.4. The summed E-state index contributed by atoms with van der Waals surface area (Å²) in [6.07, 6.45) is 13.9. The first kappa shape index (κ1) is 31.7. The summed E-state index contributed by atoms with van der Waals surface area (Å²) in [5, 5.41) is 21.1. The second-order valence-electron chi connectivity index (χ2n) is 12.2. The number of rotatable bonds is 18. The lowest BCUT2D eigenvalue weighted by atomic mass is 9.88. The molecule has 5 atom stereocenters. The Morgan fingerprint density at radius 1 is 1.03 bits per heavy atom. The molecule has 0 bridgehead atoms. The first-order valence-corrected chi connectivity index (χ1v) is 20.5. The van der Waals surface area contributed by atoms with Crippen LogP contribution in [0.5, 0.6) is 0 Å². The Balaban J connectivity index is 2.51. The smallest absolute Gasteiger partial charge is 0.184 e. The molecule has 34 heavy (non-hydrogen) atoms. The molecule has 0 aliphatic heterocycles. The molecule has 0 spiro atoms. The highest BCUT2D eigenvalue weighted by Gasteiger charge is 2.42. The highest BCUT2D eigenvalue weighted by molar-refractivity contribution is 6.70. The number of aliphatic hydroxyl groups is 2. The summed E-state index contributed by atoms with van der Waals surface area (Å²) in [4.78, 5) is 12.0. The van der Waals surface area contributed by atoms with Gasteiger partial charge in [0.2, 0.25) is 0 Å². The van der Waals surface area contributed by atoms with Crippen LogP contribution in [0.1, 0.15) is 77.6 Å². The van der Waals surface area contributed by atoms with Crippen LogP contribution in [0, 0.1) is 11.8 Å². The van der Waals surface area contributed by atoms with E-state index >= 15 is 0 Å². The average Bonchev–Trinajstić information content (AvgIpc) is 2.99. The molecule has 7 heteroatoms. The molecule has 2 N–H and O–H groups in total. The van der Waals surface area contributed by atoms with Crippen LogP contribution in [0.15, 0.2) is 12.2 Å². The molecule has 0 amide bonds. The molecule has 1 unspecified atom stereocenters. The third-order valence-corrected chi connectivity index (χ3v) is 8.48. The van der Waals surface area contributed by atoms with E-state index in [1.54, 1.807) is 0 Å². The summed E-state index contributed by atoms with van der Waals surface area (Å²) in [6.45, 7) is 15.3. The van der Waals surface area contributed by atoms with Crippen LogP contribution < -0.4 is 0 Å². The summed E-state index contributed by atoms with van der Waals surface area (Å²) >= 11 is 0. The molecule has 5 nitrogen and oxygen atoms in total. The van der Waals surface area contributed by atoms with Crippen LogP contribution >= 0.6 is 0 Å². The zero-order valence-electron chi connectivity index (χ0n) is 23.1. The largest absolute Gasteiger partial charge is 0.414 e. The first-order chi connectivity index (χ1) is 15.8. The van der Waals surface area contributed by atoms with Gasteiger partial charge < -0.3 is 19.1 Å². The Kier molecular flexibility index (Phi) is 14.7. The van der Waals surface area contributed by atoms with Gasteiger partial charge in [-0.3, -0.25) is 4.79 Å². The van der Waals surface area contributed by atoms with E-state index in [1.165, 1.54) is 0 Å². The van der Waals surface area contributed by atoms with Crippen molar-refractivity contribution < 1.29 is 23.9 Å². The van der Waals surface area contributed by atoms with Crippen molar-refractivity contribution in [3.05, 3.63) is 12.2 Å². The van der Waals surface area contributed by atoms with Crippen LogP contribution in [0.4, 0.5) is 0 Å². The fourth-order valence-electron chi connectivity index (χ4n) is 4.71. The van der Waals surface area contributed by atoms with Gasteiger partial charge in [0.1, 0.15) is 0 Å². The third-order valence-electron chi connectivity index (χ3n) is 6.46. The minimum absolute atomic E-state index is 0.0692. The fourth-order valence-corrected chi connectivity index (χ4v) is 6.47. The van der Waals surface area contributed by atoms with Gasteiger partial charge in [0.15, 0.2) is 22.4 Å². The Morgan fingerprint density at radius 2 is 1.71 bits per heavy atom. The summed E-state index contributed by atoms with van der Waals surface area (Å²) in [7, 11) is -3.34. The number of carbonyl (C=O) groups excluding carboxylic acids is 1. The molecule has 1 saturated carbocycles.